The van der Waals surface area contributed by atoms with Crippen molar-refractivity contribution in [1.82, 2.24) is 5.32 Å². The van der Waals surface area contributed by atoms with Crippen LogP contribution in [0.3, 0.4) is 0 Å². The molecule has 2 aromatic rings. The number of non-ortho nitro benzene ring substituents is 1. The third-order valence-electron chi connectivity index (χ3n) is 3.86. The molecular weight excluding hydrogens is 346 g/mol. The van der Waals surface area contributed by atoms with Crippen molar-refractivity contribution in [2.45, 2.75) is 27.7 Å². The molecule has 2 amide bonds. The lowest BCUT2D eigenvalue weighted by Gasteiger charge is -2.14. The van der Waals surface area contributed by atoms with Crippen LogP contribution in [0.25, 0.3) is 6.08 Å². The van der Waals surface area contributed by atoms with Crippen LogP contribution < -0.4 is 10.6 Å². The molecule has 0 heterocycles. The van der Waals surface area contributed by atoms with E-state index in [0.29, 0.717) is 11.3 Å². The Morgan fingerprint density at radius 2 is 1.70 bits per heavy atom. The molecule has 0 radical (unpaired) electrons. The maximum atomic E-state index is 12.7. The Labute approximate surface area is 157 Å². The molecule has 2 N–H and O–H groups in total. The number of nitro groups is 1. The van der Waals surface area contributed by atoms with Gasteiger partial charge in [-0.1, -0.05) is 29.8 Å². The van der Waals surface area contributed by atoms with Crippen LogP contribution in [0.1, 0.15) is 29.2 Å². The van der Waals surface area contributed by atoms with Crippen molar-refractivity contribution in [3.63, 3.8) is 0 Å². The maximum absolute atomic E-state index is 12.7. The molecule has 0 fully saturated rings. The topological polar surface area (TPSA) is 101 Å². The molecule has 0 unspecified atom stereocenters. The molecule has 2 rings (SSSR count). The molecule has 0 aromatic heterocycles. The van der Waals surface area contributed by atoms with Crippen molar-refractivity contribution in [1.29, 1.82) is 0 Å². The van der Waals surface area contributed by atoms with Gasteiger partial charge in [0.15, 0.2) is 0 Å². The number of nitrogens with one attached hydrogen (secondary N) is 2. The molecule has 0 spiro atoms. The summed E-state index contributed by atoms with van der Waals surface area (Å²) in [6.07, 6.45) is 1.41. The first-order valence-electron chi connectivity index (χ1n) is 8.30. The number of carbonyl (C=O) groups is 2. The number of hydrogen-bond donors (Lipinski definition) is 2. The standard InChI is InChI=1S/C20H21N3O4/c1-12-8-13(2)19(14(3)9-12)22-20(25)18(21-15(4)24)11-16-6-5-7-17(10-16)23(26)27/h5-11H,1-4H3,(H,21,24)(H,22,25). The zero-order chi connectivity index (χ0) is 20.1. The average Bonchev–Trinajstić information content (AvgIpc) is 2.57. The summed E-state index contributed by atoms with van der Waals surface area (Å²) >= 11 is 0. The first kappa shape index (κ1) is 19.8. The van der Waals surface area contributed by atoms with Crippen molar-refractivity contribution < 1.29 is 14.5 Å². The summed E-state index contributed by atoms with van der Waals surface area (Å²) in [5.41, 5.74) is 3.88. The van der Waals surface area contributed by atoms with Crippen LogP contribution in [0, 0.1) is 30.9 Å². The number of rotatable bonds is 5. The zero-order valence-corrected chi connectivity index (χ0v) is 15.6. The van der Waals surface area contributed by atoms with Gasteiger partial charge in [0.2, 0.25) is 5.91 Å². The van der Waals surface area contributed by atoms with Crippen molar-refractivity contribution in [2.75, 3.05) is 5.32 Å². The van der Waals surface area contributed by atoms with Gasteiger partial charge in [-0.3, -0.25) is 19.7 Å². The number of anilines is 1. The van der Waals surface area contributed by atoms with Gasteiger partial charge >= 0.3 is 0 Å². The van der Waals surface area contributed by atoms with Crippen LogP contribution in [0.5, 0.6) is 0 Å². The summed E-state index contributed by atoms with van der Waals surface area (Å²) in [7, 11) is 0. The molecule has 0 bridgehead atoms. The number of nitro benzene ring substituents is 1. The Balaban J connectivity index is 2.39. The van der Waals surface area contributed by atoms with Gasteiger partial charge in [-0.2, -0.15) is 0 Å². The number of amides is 2. The first-order valence-corrected chi connectivity index (χ1v) is 8.30. The predicted molar refractivity (Wildman–Crippen MR) is 104 cm³/mol. The smallest absolute Gasteiger partial charge is 0.272 e. The van der Waals surface area contributed by atoms with Crippen LogP contribution in [0.2, 0.25) is 0 Å². The second-order valence-electron chi connectivity index (χ2n) is 6.32. The fraction of sp³-hybridized carbons (Fsp3) is 0.200. The summed E-state index contributed by atoms with van der Waals surface area (Å²) < 4.78 is 0. The zero-order valence-electron chi connectivity index (χ0n) is 15.6. The van der Waals surface area contributed by atoms with Gasteiger partial charge in [-0.05, 0) is 43.5 Å². The minimum absolute atomic E-state index is 0.00220. The van der Waals surface area contributed by atoms with Crippen molar-refractivity contribution in [2.24, 2.45) is 0 Å². The number of hydrogen-bond acceptors (Lipinski definition) is 4. The van der Waals surface area contributed by atoms with Gasteiger partial charge in [0.25, 0.3) is 11.6 Å². The number of benzene rings is 2. The van der Waals surface area contributed by atoms with E-state index in [0.717, 1.165) is 16.7 Å². The Kier molecular flexibility index (Phi) is 6.07. The number of carbonyl (C=O) groups excluding carboxylic acids is 2. The monoisotopic (exact) mass is 367 g/mol. The number of aryl methyl sites for hydroxylation is 3. The molecule has 0 atom stereocenters. The summed E-state index contributed by atoms with van der Waals surface area (Å²) in [6, 6.07) is 9.72. The Morgan fingerprint density at radius 1 is 1.07 bits per heavy atom. The van der Waals surface area contributed by atoms with Gasteiger partial charge in [0, 0.05) is 24.7 Å². The summed E-state index contributed by atoms with van der Waals surface area (Å²) in [5, 5.41) is 16.2. The molecular formula is C20H21N3O4. The highest BCUT2D eigenvalue weighted by molar-refractivity contribution is 6.09. The van der Waals surface area contributed by atoms with Gasteiger partial charge in [-0.15, -0.1) is 0 Å². The Bertz CT molecular complexity index is 925. The van der Waals surface area contributed by atoms with Crippen LogP contribution in [0.15, 0.2) is 42.1 Å². The van der Waals surface area contributed by atoms with E-state index < -0.39 is 16.7 Å². The van der Waals surface area contributed by atoms with E-state index in [4.69, 9.17) is 0 Å². The lowest BCUT2D eigenvalue weighted by atomic mass is 10.0. The largest absolute Gasteiger partial charge is 0.322 e. The normalized spacial score (nSPS) is 11.0. The third kappa shape index (κ3) is 5.24. The van der Waals surface area contributed by atoms with Crippen LogP contribution in [-0.2, 0) is 9.59 Å². The van der Waals surface area contributed by atoms with E-state index in [1.54, 1.807) is 6.07 Å². The second-order valence-corrected chi connectivity index (χ2v) is 6.32. The summed E-state index contributed by atoms with van der Waals surface area (Å²) in [5.74, 6) is -0.925. The van der Waals surface area contributed by atoms with Gasteiger partial charge in [0.1, 0.15) is 5.70 Å². The quantitative estimate of drug-likeness (QED) is 0.478. The van der Waals surface area contributed by atoms with E-state index in [1.807, 2.05) is 32.9 Å². The first-order chi connectivity index (χ1) is 12.7. The minimum Gasteiger partial charge on any atom is -0.322 e. The lowest BCUT2D eigenvalue weighted by Crippen LogP contribution is -2.29. The summed E-state index contributed by atoms with van der Waals surface area (Å²) in [6.45, 7) is 7.03. The average molecular weight is 367 g/mol. The molecule has 7 nitrogen and oxygen atoms in total. The van der Waals surface area contributed by atoms with Crippen LogP contribution >= 0.6 is 0 Å². The minimum atomic E-state index is -0.519. The fourth-order valence-electron chi connectivity index (χ4n) is 2.80. The highest BCUT2D eigenvalue weighted by Crippen LogP contribution is 2.23. The molecule has 2 aromatic carbocycles. The predicted octanol–water partition coefficient (Wildman–Crippen LogP) is 3.64. The third-order valence-corrected chi connectivity index (χ3v) is 3.86. The molecule has 7 heteroatoms. The van der Waals surface area contributed by atoms with E-state index in [-0.39, 0.29) is 11.4 Å². The molecule has 0 saturated carbocycles. The summed E-state index contributed by atoms with van der Waals surface area (Å²) in [4.78, 5) is 34.7. The molecule has 27 heavy (non-hydrogen) atoms. The highest BCUT2D eigenvalue weighted by atomic mass is 16.6. The number of nitrogens with zero attached hydrogens (tertiary/aromatic N) is 1. The maximum Gasteiger partial charge on any atom is 0.272 e. The Hall–Kier alpha value is -3.48. The second kappa shape index (κ2) is 8.27. The molecule has 0 aliphatic carbocycles. The van der Waals surface area contributed by atoms with Crippen LogP contribution in [-0.4, -0.2) is 16.7 Å². The Morgan fingerprint density at radius 3 is 2.26 bits per heavy atom. The molecule has 0 saturated heterocycles. The highest BCUT2D eigenvalue weighted by Gasteiger charge is 2.15. The van der Waals surface area contributed by atoms with E-state index in [9.17, 15) is 19.7 Å². The molecule has 0 aliphatic heterocycles. The van der Waals surface area contributed by atoms with Gasteiger partial charge < -0.3 is 10.6 Å². The SMILES string of the molecule is CC(=O)NC(=Cc1cccc([N+](=O)[O-])c1)C(=O)Nc1c(C)cc(C)cc1C. The molecule has 140 valence electrons. The van der Waals surface area contributed by atoms with Crippen LogP contribution in [0.4, 0.5) is 11.4 Å². The van der Waals surface area contributed by atoms with Gasteiger partial charge in [-0.25, -0.2) is 0 Å². The fourth-order valence-corrected chi connectivity index (χ4v) is 2.80. The van der Waals surface area contributed by atoms with E-state index in [1.165, 1.54) is 31.2 Å². The van der Waals surface area contributed by atoms with Crippen molar-refractivity contribution in [3.8, 4) is 0 Å². The molecule has 0 aliphatic rings. The lowest BCUT2D eigenvalue weighted by molar-refractivity contribution is -0.384. The van der Waals surface area contributed by atoms with Crippen molar-refractivity contribution >= 4 is 29.3 Å². The van der Waals surface area contributed by atoms with E-state index in [2.05, 4.69) is 10.6 Å². The van der Waals surface area contributed by atoms with Gasteiger partial charge in [0.05, 0.1) is 4.92 Å². The van der Waals surface area contributed by atoms with E-state index >= 15 is 0 Å². The van der Waals surface area contributed by atoms with Crippen molar-refractivity contribution in [3.05, 3.63) is 74.5 Å².